The average Bonchev–Trinajstić information content (AvgIpc) is 2.86. The van der Waals surface area contributed by atoms with Crippen molar-refractivity contribution in [1.29, 1.82) is 0 Å². The van der Waals surface area contributed by atoms with Crippen LogP contribution in [0.5, 0.6) is 0 Å². The fourth-order valence-electron chi connectivity index (χ4n) is 3.65. The van der Waals surface area contributed by atoms with Crippen molar-refractivity contribution >= 4 is 23.1 Å². The van der Waals surface area contributed by atoms with Crippen molar-refractivity contribution in [2.24, 2.45) is 0 Å². The van der Waals surface area contributed by atoms with Crippen molar-refractivity contribution in [3.63, 3.8) is 0 Å². The van der Waals surface area contributed by atoms with E-state index in [1.54, 1.807) is 0 Å². The summed E-state index contributed by atoms with van der Waals surface area (Å²) in [7, 11) is 0. The van der Waals surface area contributed by atoms with Crippen LogP contribution in [0.15, 0.2) is 91.0 Å². The number of rotatable bonds is 5. The zero-order valence-electron chi connectivity index (χ0n) is 68.7. The van der Waals surface area contributed by atoms with Crippen molar-refractivity contribution in [3.05, 3.63) is 140 Å². The van der Waals surface area contributed by atoms with Gasteiger partial charge in [-0.25, -0.2) is 0 Å². The van der Waals surface area contributed by atoms with Crippen LogP contribution in [0.2, 0.25) is 0 Å². The molecular weight excluding hydrogens is 8370 g/mol. The maximum absolute atomic E-state index is 3.39. The Hall–Kier alpha value is 95.5. The molecule has 0 aliphatic rings. The van der Waals surface area contributed by atoms with Gasteiger partial charge in [-0.2, -0.15) is 11.1 Å². The van der Waals surface area contributed by atoms with Gasteiger partial charge in [0.15, 0.2) is 0 Å². The Kier molecular flexibility index (Phi) is 2380. The predicted molar refractivity (Wildman–Crippen MR) is 126 cm³/mol. The molecule has 0 heterocycles. The summed E-state index contributed by atoms with van der Waals surface area (Å²) >= 11 is 0. The van der Waals surface area contributed by atoms with E-state index < -0.39 is 0 Å². The topological polar surface area (TPSA) is 0 Å². The van der Waals surface area contributed by atoms with Gasteiger partial charge in [0.2, 0.25) is 0 Å². The Bertz CT molecular complexity index is 1280. The summed E-state index contributed by atoms with van der Waals surface area (Å²) < 4.78 is 0. The summed E-state index contributed by atoms with van der Waals surface area (Å²) in [4.78, 5) is 0. The molecule has 0 fully saturated rings. The third-order valence-electron chi connectivity index (χ3n) is 5.11. The van der Waals surface area contributed by atoms with Gasteiger partial charge >= 0.3 is 0 Å². The number of hydrogen-bond donors (Lipinski definition) is 0. The monoisotopic (exact) mass is 8390 g/mol. The van der Waals surface area contributed by atoms with E-state index >= 15 is 0 Å². The third-order valence-corrected chi connectivity index (χ3v) is 5.11. The van der Waals surface area contributed by atoms with Gasteiger partial charge in [0.25, 0.3) is 0 Å². The summed E-state index contributed by atoms with van der Waals surface area (Å²) in [6.07, 6.45) is 0. The Balaban J connectivity index is -0.00000000162. The first kappa shape index (κ1) is 590. The maximum atomic E-state index is 3.39. The molecule has 91 heteroatoms. The Morgan fingerprint density at radius 3 is 0.380 bits per heavy atom. The fourth-order valence-corrected chi connectivity index (χ4v) is 3.65. The van der Waals surface area contributed by atoms with Gasteiger partial charge in [-0.05, 0) is 0 Å². The molecule has 0 N–H and O–H groups in total. The SMILES string of the molecule is [Y].[Y].[Y].[Y].[Y].[Y].[Y].[Y].[Y].[Y].[Y].[Y].[Y].[Y].[Y].[Y].[Y].[Y].[Y].[Y].[Y].[Y].[Y].[Y].[Y].[Y].[Y].[Y].[Y].[Y].[Y].[Y].[Y].[Y].[Y].[Y].[Y].[Y].[Y].[Y].[Y].[Y].[Y].[Y].[Y].[Y].[Y].[Y].[Y].[Y].[Y].[Y].[Y].[Y].[Y].[Y].[Y].[Y].[Y].[Y].[Y].[Y].[Y].[Y].[Y].[Y].[Y].[Y].[Y].[Y].[Y].[Y].[Y].[Y].[Y].[Y].[Y].[Y].[Y].[Y].[Y].[Y].[Y].[Y].[Y].[Y].[Y].[Y].[Y].[Y].[c-]1ccc[c-]c1B(c1[c-]c[c-]c(-c2[c-]cccc2)c1)c1[c-]c[c-]c(-c2[c-]cccc2)c1. The fraction of sp³-hybridized carbons (Fsp3) is 0. The third kappa shape index (κ3) is 386. The molecule has 0 atom stereocenters. The molecule has 0 nitrogen and oxygen atoms in total. The van der Waals surface area contributed by atoms with Crippen LogP contribution in [0.25, 0.3) is 22.3 Å². The second kappa shape index (κ2) is 488. The van der Waals surface area contributed by atoms with Crippen molar-refractivity contribution in [2.75, 3.05) is 0 Å². The zero-order chi connectivity index (χ0) is 20.9. The largest absolute Gasteiger partial charge is 0.404 e. The first-order valence-corrected chi connectivity index (χ1v) is 10.1. The van der Waals surface area contributed by atoms with Crippen LogP contribution < -0.4 is 16.4 Å². The standard InChI is InChI=1S/C30H15B.90Y/c1-4-12-24(13-5-1)26-16-10-20-29(22-26)31(28-18-8-3-9-19-28)30-21-11-17-27(23-30)25-14-6-2-7-15-25;;;;;;;;;;;;;;;;;;;;;;;;;;;;;;;;;;;;;;;;;;;;;;;;;;;;;;;;;;;;;;;;;;;;;;;;;;;;;;;;;;;;;;;;;;/h1-12,14,22-23H;;;;;;;;;;;;;;;;;;;;;;;;;;;;;;;;;;;;;;;;;;;;;;;;;;;;;;;;;;;;;;;;;;;;;;;;;;;;;;;;;;;;;;;;;;/q-8;;;;;;;;;;;;;;;;;;;;;;;;;;;;;;;;;;;;;;;;;;;;;;;;;;;;;;;;;;;;;;;;;;;;;;;;;;;;;;;;;;;;;;;;;;. The molecular formula is C30H15BY90-8. The second-order valence-corrected chi connectivity index (χ2v) is 7.11. The molecule has 5 aromatic rings. The number of benzene rings is 5. The van der Waals surface area contributed by atoms with Crippen LogP contribution >= 0.6 is 0 Å². The molecule has 416 valence electrons. The van der Waals surface area contributed by atoms with Crippen LogP contribution in [-0.4, -0.2) is 6.71 Å². The van der Waals surface area contributed by atoms with E-state index in [2.05, 4.69) is 60.7 Å². The van der Waals surface area contributed by atoms with Crippen LogP contribution in [0.4, 0.5) is 0 Å². The molecule has 0 saturated heterocycles. The summed E-state index contributed by atoms with van der Waals surface area (Å²) in [5.41, 5.74) is 6.93. The van der Waals surface area contributed by atoms with Gasteiger partial charge in [-0.3, -0.25) is 18.2 Å². The van der Waals surface area contributed by atoms with E-state index in [4.69, 9.17) is 0 Å². The van der Waals surface area contributed by atoms with Gasteiger partial charge < -0.3 is 88.2 Å². The summed E-state index contributed by atoms with van der Waals surface area (Å²) in [5, 5.41) is 0. The summed E-state index contributed by atoms with van der Waals surface area (Å²) in [6.45, 7) is -0.115. The van der Waals surface area contributed by atoms with Gasteiger partial charge in [0, 0.05) is 2940 Å². The predicted octanol–water partition coefficient (Wildman–Crippen LogP) is 3.71. The van der Waals surface area contributed by atoms with Crippen LogP contribution in [0, 0.1) is 48.5 Å². The van der Waals surface area contributed by atoms with E-state index in [1.807, 2.05) is 78.9 Å². The van der Waals surface area contributed by atoms with Crippen molar-refractivity contribution in [2.45, 2.75) is 0 Å². The Labute approximate surface area is 3010 Å². The molecule has 90 radical (unpaired) electrons. The van der Waals surface area contributed by atoms with Crippen LogP contribution in [0.1, 0.15) is 0 Å². The number of hydrogen-bond acceptors (Lipinski definition) is 0. The first-order chi connectivity index (χ1) is 15.4. The minimum atomic E-state index is -0.115. The van der Waals surface area contributed by atoms with Gasteiger partial charge in [0.1, 0.15) is 0 Å². The molecule has 0 unspecified atom stereocenters. The quantitative estimate of drug-likeness (QED) is 0.186. The Morgan fingerprint density at radius 1 is 0.124 bits per heavy atom. The van der Waals surface area contributed by atoms with Gasteiger partial charge in [-0.1, -0.05) is 0 Å². The van der Waals surface area contributed by atoms with E-state index in [0.29, 0.717) is 0 Å². The molecule has 121 heavy (non-hydrogen) atoms. The molecule has 0 saturated carbocycles. The van der Waals surface area contributed by atoms with Gasteiger partial charge in [-0.15, -0.1) is 60.7 Å². The maximum Gasteiger partial charge on any atom is 0.0924 e. The summed E-state index contributed by atoms with van der Waals surface area (Å²) in [6, 6.07) is 56.2. The van der Waals surface area contributed by atoms with Crippen LogP contribution in [0.3, 0.4) is 0 Å². The van der Waals surface area contributed by atoms with Gasteiger partial charge in [0.05, 0.1) is 6.71 Å². The van der Waals surface area contributed by atoms with Crippen molar-refractivity contribution in [3.8, 4) is 22.3 Å². The minimum absolute atomic E-state index is 0. The molecule has 0 aromatic heterocycles. The molecule has 5 aromatic carbocycles. The smallest absolute Gasteiger partial charge is 0.0924 e. The van der Waals surface area contributed by atoms with E-state index in [-0.39, 0.29) is 2950 Å². The van der Waals surface area contributed by atoms with E-state index in [9.17, 15) is 0 Å². The normalized spacial score (nSPS) is 2.71. The van der Waals surface area contributed by atoms with E-state index in [1.165, 1.54) is 0 Å². The average molecular weight is 8390 g/mol. The Morgan fingerprint density at radius 2 is 0.256 bits per heavy atom. The molecule has 5 rings (SSSR count). The van der Waals surface area contributed by atoms with E-state index in [0.717, 1.165) is 38.6 Å². The minimum Gasteiger partial charge on any atom is -0.404 e. The molecule has 0 bridgehead atoms. The van der Waals surface area contributed by atoms with Crippen LogP contribution in [-0.2, 0) is 2940 Å². The summed E-state index contributed by atoms with van der Waals surface area (Å²) in [5.74, 6) is 0. The first-order valence-electron chi connectivity index (χ1n) is 10.1. The molecule has 0 aliphatic carbocycles. The van der Waals surface area contributed by atoms with Crippen molar-refractivity contribution < 1.29 is 2940 Å². The molecule has 0 spiro atoms. The molecule has 0 aliphatic heterocycles. The molecule has 0 amide bonds. The zero-order valence-corrected chi connectivity index (χ0v) is 324. The second-order valence-electron chi connectivity index (χ2n) is 7.11. The van der Waals surface area contributed by atoms with Crippen molar-refractivity contribution in [1.82, 2.24) is 0 Å².